The van der Waals surface area contributed by atoms with Crippen molar-refractivity contribution in [2.45, 2.75) is 26.4 Å². The average molecular weight is 270 g/mol. The van der Waals surface area contributed by atoms with E-state index in [1.807, 2.05) is 11.8 Å². The fourth-order valence-corrected chi connectivity index (χ4v) is 2.31. The fourth-order valence-electron chi connectivity index (χ4n) is 1.60. The second-order valence-corrected chi connectivity index (χ2v) is 5.25. The smallest absolute Gasteiger partial charge is 0.183 e. The average Bonchev–Trinajstić information content (AvgIpc) is 2.41. The van der Waals surface area contributed by atoms with Crippen LogP contribution in [0.15, 0.2) is 12.3 Å². The molecular formula is C13H22N2O2S. The summed E-state index contributed by atoms with van der Waals surface area (Å²) in [5.41, 5.74) is 0.880. The van der Waals surface area contributed by atoms with Crippen LogP contribution in [-0.4, -0.2) is 36.8 Å². The molecule has 18 heavy (non-hydrogen) atoms. The molecule has 4 nitrogen and oxygen atoms in total. The monoisotopic (exact) mass is 270 g/mol. The van der Waals surface area contributed by atoms with E-state index in [4.69, 9.17) is 9.47 Å². The van der Waals surface area contributed by atoms with Crippen LogP contribution in [0.25, 0.3) is 0 Å². The van der Waals surface area contributed by atoms with Gasteiger partial charge < -0.3 is 14.8 Å². The van der Waals surface area contributed by atoms with Crippen molar-refractivity contribution in [3.8, 4) is 11.5 Å². The lowest BCUT2D eigenvalue weighted by atomic mass is 10.3. The van der Waals surface area contributed by atoms with Crippen molar-refractivity contribution in [1.29, 1.82) is 0 Å². The van der Waals surface area contributed by atoms with E-state index in [1.54, 1.807) is 26.5 Å². The van der Waals surface area contributed by atoms with Gasteiger partial charge in [-0.1, -0.05) is 6.92 Å². The van der Waals surface area contributed by atoms with E-state index in [1.165, 1.54) is 0 Å². The highest BCUT2D eigenvalue weighted by Gasteiger charge is 2.11. The number of hydrogen-bond acceptors (Lipinski definition) is 5. The minimum Gasteiger partial charge on any atom is -0.493 e. The second kappa shape index (κ2) is 8.21. The predicted octanol–water partition coefficient (Wildman–Crippen LogP) is 2.33. The molecule has 1 heterocycles. The van der Waals surface area contributed by atoms with Crippen LogP contribution >= 0.6 is 11.8 Å². The van der Waals surface area contributed by atoms with E-state index in [0.29, 0.717) is 18.3 Å². The van der Waals surface area contributed by atoms with Gasteiger partial charge in [-0.25, -0.2) is 0 Å². The van der Waals surface area contributed by atoms with Crippen molar-refractivity contribution >= 4 is 11.8 Å². The quantitative estimate of drug-likeness (QED) is 0.785. The van der Waals surface area contributed by atoms with Crippen LogP contribution in [0.5, 0.6) is 11.5 Å². The SMILES string of the molecule is CCSCC(C)NCc1nccc(OC)c1OC. The molecule has 0 aliphatic heterocycles. The molecule has 0 aliphatic carbocycles. The Hall–Kier alpha value is -0.940. The minimum atomic E-state index is 0.452. The van der Waals surface area contributed by atoms with Gasteiger partial charge in [0.05, 0.1) is 19.9 Å². The van der Waals surface area contributed by atoms with Crippen LogP contribution in [0, 0.1) is 0 Å². The molecule has 0 saturated carbocycles. The predicted molar refractivity (Wildman–Crippen MR) is 76.6 cm³/mol. The van der Waals surface area contributed by atoms with Gasteiger partial charge in [0.15, 0.2) is 11.5 Å². The highest BCUT2D eigenvalue weighted by molar-refractivity contribution is 7.99. The molecule has 0 radical (unpaired) electrons. The number of aromatic nitrogens is 1. The van der Waals surface area contributed by atoms with Gasteiger partial charge in [-0.3, -0.25) is 4.98 Å². The molecule has 1 aromatic rings. The molecule has 0 aromatic carbocycles. The first-order valence-corrected chi connectivity index (χ1v) is 7.25. The zero-order valence-corrected chi connectivity index (χ0v) is 12.3. The number of ether oxygens (including phenoxy) is 2. The Labute approximate surface area is 113 Å². The first-order chi connectivity index (χ1) is 8.72. The zero-order chi connectivity index (χ0) is 13.4. The van der Waals surface area contributed by atoms with E-state index in [9.17, 15) is 0 Å². The van der Waals surface area contributed by atoms with Gasteiger partial charge in [-0.15, -0.1) is 0 Å². The summed E-state index contributed by atoms with van der Waals surface area (Å²) in [6.45, 7) is 5.03. The highest BCUT2D eigenvalue weighted by atomic mass is 32.2. The molecule has 1 rings (SSSR count). The van der Waals surface area contributed by atoms with Crippen LogP contribution < -0.4 is 14.8 Å². The normalized spacial score (nSPS) is 12.2. The highest BCUT2D eigenvalue weighted by Crippen LogP contribution is 2.28. The molecule has 0 bridgehead atoms. The minimum absolute atomic E-state index is 0.452. The molecule has 0 saturated heterocycles. The summed E-state index contributed by atoms with van der Waals surface area (Å²) in [5.74, 6) is 3.68. The van der Waals surface area contributed by atoms with Crippen molar-refractivity contribution < 1.29 is 9.47 Å². The molecule has 1 aromatic heterocycles. The zero-order valence-electron chi connectivity index (χ0n) is 11.5. The maximum atomic E-state index is 5.35. The van der Waals surface area contributed by atoms with Gasteiger partial charge in [-0.05, 0) is 12.7 Å². The Kier molecular flexibility index (Phi) is 6.90. The molecule has 0 fully saturated rings. The molecular weight excluding hydrogens is 248 g/mol. The molecule has 5 heteroatoms. The van der Waals surface area contributed by atoms with E-state index in [0.717, 1.165) is 22.9 Å². The summed E-state index contributed by atoms with van der Waals surface area (Å²) < 4.78 is 10.6. The number of methoxy groups -OCH3 is 2. The maximum absolute atomic E-state index is 5.35. The number of hydrogen-bond donors (Lipinski definition) is 1. The third-order valence-corrected chi connectivity index (χ3v) is 3.70. The number of nitrogens with one attached hydrogen (secondary N) is 1. The van der Waals surface area contributed by atoms with Crippen LogP contribution in [0.2, 0.25) is 0 Å². The Morgan fingerprint density at radius 2 is 2.17 bits per heavy atom. The Bertz CT molecular complexity index is 361. The van der Waals surface area contributed by atoms with Crippen molar-refractivity contribution in [2.75, 3.05) is 25.7 Å². The van der Waals surface area contributed by atoms with Crippen LogP contribution in [0.1, 0.15) is 19.5 Å². The summed E-state index contributed by atoms with van der Waals surface area (Å²) in [7, 11) is 3.27. The first kappa shape index (κ1) is 15.1. The summed E-state index contributed by atoms with van der Waals surface area (Å²) in [4.78, 5) is 4.34. The Morgan fingerprint density at radius 3 is 2.78 bits per heavy atom. The van der Waals surface area contributed by atoms with Crippen molar-refractivity contribution in [3.63, 3.8) is 0 Å². The first-order valence-electron chi connectivity index (χ1n) is 6.09. The summed E-state index contributed by atoms with van der Waals surface area (Å²) >= 11 is 1.93. The third kappa shape index (κ3) is 4.38. The van der Waals surface area contributed by atoms with Gasteiger partial charge in [0.25, 0.3) is 0 Å². The molecule has 1 unspecified atom stereocenters. The van der Waals surface area contributed by atoms with E-state index < -0.39 is 0 Å². The molecule has 0 aliphatic rings. The lowest BCUT2D eigenvalue weighted by Gasteiger charge is -2.15. The molecule has 102 valence electrons. The summed E-state index contributed by atoms with van der Waals surface area (Å²) in [5, 5.41) is 3.44. The van der Waals surface area contributed by atoms with E-state index in [-0.39, 0.29) is 0 Å². The van der Waals surface area contributed by atoms with Gasteiger partial charge >= 0.3 is 0 Å². The third-order valence-electron chi connectivity index (χ3n) is 2.56. The van der Waals surface area contributed by atoms with Crippen LogP contribution in [0.3, 0.4) is 0 Å². The maximum Gasteiger partial charge on any atom is 0.183 e. The standard InChI is InChI=1S/C13H22N2O2S/c1-5-18-9-10(2)15-8-11-13(17-4)12(16-3)6-7-14-11/h6-7,10,15H,5,8-9H2,1-4H3. The molecule has 1 N–H and O–H groups in total. The van der Waals surface area contributed by atoms with Crippen molar-refractivity contribution in [2.24, 2.45) is 0 Å². The number of thioether (sulfide) groups is 1. The fraction of sp³-hybridized carbons (Fsp3) is 0.615. The van der Waals surface area contributed by atoms with Gasteiger partial charge in [0.2, 0.25) is 0 Å². The Balaban J connectivity index is 2.61. The van der Waals surface area contributed by atoms with Gasteiger partial charge in [-0.2, -0.15) is 11.8 Å². The topological polar surface area (TPSA) is 43.4 Å². The lowest BCUT2D eigenvalue weighted by Crippen LogP contribution is -2.28. The molecule has 0 spiro atoms. The van der Waals surface area contributed by atoms with Gasteiger partial charge in [0.1, 0.15) is 0 Å². The summed E-state index contributed by atoms with van der Waals surface area (Å²) in [6, 6.07) is 2.26. The van der Waals surface area contributed by atoms with Gasteiger partial charge in [0, 0.05) is 30.6 Å². The van der Waals surface area contributed by atoms with Crippen LogP contribution in [-0.2, 0) is 6.54 Å². The van der Waals surface area contributed by atoms with Crippen molar-refractivity contribution in [1.82, 2.24) is 10.3 Å². The number of nitrogens with zero attached hydrogens (tertiary/aromatic N) is 1. The molecule has 0 amide bonds. The van der Waals surface area contributed by atoms with E-state index >= 15 is 0 Å². The number of pyridine rings is 1. The van der Waals surface area contributed by atoms with E-state index in [2.05, 4.69) is 24.1 Å². The number of rotatable bonds is 8. The lowest BCUT2D eigenvalue weighted by molar-refractivity contribution is 0.347. The van der Waals surface area contributed by atoms with Crippen LogP contribution in [0.4, 0.5) is 0 Å². The summed E-state index contributed by atoms with van der Waals surface area (Å²) in [6.07, 6.45) is 1.74. The largest absolute Gasteiger partial charge is 0.493 e. The Morgan fingerprint density at radius 1 is 1.39 bits per heavy atom. The van der Waals surface area contributed by atoms with Crippen molar-refractivity contribution in [3.05, 3.63) is 18.0 Å². The second-order valence-electron chi connectivity index (χ2n) is 3.93. The molecule has 1 atom stereocenters.